The van der Waals surface area contributed by atoms with Crippen molar-refractivity contribution in [3.8, 4) is 0 Å². The molecule has 1 aliphatic rings. The molecular formula is C17H22N2. The summed E-state index contributed by atoms with van der Waals surface area (Å²) in [6, 6.07) is 13.0. The zero-order valence-electron chi connectivity index (χ0n) is 11.8. The third kappa shape index (κ3) is 2.05. The van der Waals surface area contributed by atoms with E-state index in [9.17, 15) is 0 Å². The normalized spacial score (nSPS) is 15.9. The van der Waals surface area contributed by atoms with Crippen LogP contribution in [0.4, 0.5) is 11.4 Å². The van der Waals surface area contributed by atoms with Crippen LogP contribution in [-0.4, -0.2) is 5.66 Å². The maximum Gasteiger partial charge on any atom is 0.107 e. The van der Waals surface area contributed by atoms with Crippen LogP contribution in [0.5, 0.6) is 0 Å². The van der Waals surface area contributed by atoms with Crippen molar-refractivity contribution in [2.45, 2.75) is 45.2 Å². The van der Waals surface area contributed by atoms with E-state index in [0.29, 0.717) is 0 Å². The van der Waals surface area contributed by atoms with Crippen molar-refractivity contribution in [3.05, 3.63) is 36.4 Å². The first-order valence-corrected chi connectivity index (χ1v) is 7.36. The molecule has 2 aromatic carbocycles. The highest BCUT2D eigenvalue weighted by molar-refractivity contribution is 6.05. The second kappa shape index (κ2) is 4.76. The number of unbranched alkanes of at least 4 members (excludes halogenated alkanes) is 1. The molecule has 0 aliphatic carbocycles. The number of hydrogen-bond donors (Lipinski definition) is 2. The zero-order valence-corrected chi connectivity index (χ0v) is 11.8. The average molecular weight is 254 g/mol. The molecule has 0 spiro atoms. The van der Waals surface area contributed by atoms with Gasteiger partial charge in [0.25, 0.3) is 0 Å². The molecule has 2 N–H and O–H groups in total. The van der Waals surface area contributed by atoms with Crippen LogP contribution in [0.1, 0.15) is 39.5 Å². The van der Waals surface area contributed by atoms with E-state index < -0.39 is 0 Å². The topological polar surface area (TPSA) is 24.1 Å². The van der Waals surface area contributed by atoms with Gasteiger partial charge in [-0.2, -0.15) is 0 Å². The monoisotopic (exact) mass is 254 g/mol. The summed E-state index contributed by atoms with van der Waals surface area (Å²) in [5, 5.41) is 10.1. The van der Waals surface area contributed by atoms with Crippen LogP contribution in [0.2, 0.25) is 0 Å². The van der Waals surface area contributed by atoms with Gasteiger partial charge in [-0.15, -0.1) is 0 Å². The van der Waals surface area contributed by atoms with E-state index in [4.69, 9.17) is 0 Å². The number of nitrogens with one attached hydrogen (secondary N) is 2. The lowest BCUT2D eigenvalue weighted by Crippen LogP contribution is -2.47. The van der Waals surface area contributed by atoms with E-state index in [2.05, 4.69) is 60.9 Å². The van der Waals surface area contributed by atoms with Crippen LogP contribution in [0.3, 0.4) is 0 Å². The van der Waals surface area contributed by atoms with E-state index in [1.54, 1.807) is 0 Å². The minimum absolute atomic E-state index is 0.0125. The van der Waals surface area contributed by atoms with Gasteiger partial charge in [-0.05, 0) is 36.8 Å². The standard InChI is InChI=1S/C17H22N2/c1-3-5-12-17(4-2)18-14-10-6-8-13-9-7-11-15(19-17)16(13)14/h6-11,18-19H,3-5,12H2,1-2H3. The van der Waals surface area contributed by atoms with Crippen LogP contribution in [0.25, 0.3) is 10.8 Å². The van der Waals surface area contributed by atoms with Gasteiger partial charge in [0, 0.05) is 16.8 Å². The van der Waals surface area contributed by atoms with Gasteiger partial charge in [0.2, 0.25) is 0 Å². The highest BCUT2D eigenvalue weighted by Gasteiger charge is 2.31. The highest BCUT2D eigenvalue weighted by atomic mass is 15.2. The smallest absolute Gasteiger partial charge is 0.107 e. The molecule has 100 valence electrons. The third-order valence-electron chi connectivity index (χ3n) is 4.21. The maximum atomic E-state index is 3.75. The van der Waals surface area contributed by atoms with Crippen molar-refractivity contribution in [3.63, 3.8) is 0 Å². The minimum Gasteiger partial charge on any atom is -0.362 e. The van der Waals surface area contributed by atoms with Gasteiger partial charge in [-0.3, -0.25) is 0 Å². The Labute approximate surface area is 115 Å². The third-order valence-corrected chi connectivity index (χ3v) is 4.21. The Hall–Kier alpha value is -1.70. The number of anilines is 2. The molecule has 0 aromatic heterocycles. The van der Waals surface area contributed by atoms with Crippen molar-refractivity contribution >= 4 is 22.1 Å². The molecule has 0 bridgehead atoms. The summed E-state index contributed by atoms with van der Waals surface area (Å²) in [4.78, 5) is 0. The van der Waals surface area contributed by atoms with E-state index >= 15 is 0 Å². The van der Waals surface area contributed by atoms with Crippen molar-refractivity contribution in [2.75, 3.05) is 10.6 Å². The summed E-state index contributed by atoms with van der Waals surface area (Å²) in [6.07, 6.45) is 4.71. The summed E-state index contributed by atoms with van der Waals surface area (Å²) in [5.41, 5.74) is 2.55. The van der Waals surface area contributed by atoms with Gasteiger partial charge in [-0.1, -0.05) is 44.5 Å². The zero-order chi connectivity index (χ0) is 13.3. The Morgan fingerprint density at radius 2 is 1.58 bits per heavy atom. The first kappa shape index (κ1) is 12.3. The molecule has 1 heterocycles. The van der Waals surface area contributed by atoms with Gasteiger partial charge in [-0.25, -0.2) is 0 Å². The molecule has 2 nitrogen and oxygen atoms in total. The Bertz CT molecular complexity index is 548. The molecule has 1 aliphatic heterocycles. The summed E-state index contributed by atoms with van der Waals surface area (Å²) in [7, 11) is 0. The molecule has 0 radical (unpaired) electrons. The van der Waals surface area contributed by atoms with Crippen LogP contribution in [-0.2, 0) is 0 Å². The van der Waals surface area contributed by atoms with Gasteiger partial charge < -0.3 is 10.6 Å². The molecule has 0 unspecified atom stereocenters. The fraction of sp³-hybridized carbons (Fsp3) is 0.412. The van der Waals surface area contributed by atoms with Crippen molar-refractivity contribution in [1.29, 1.82) is 0 Å². The molecule has 0 amide bonds. The lowest BCUT2D eigenvalue weighted by Gasteiger charge is -2.41. The van der Waals surface area contributed by atoms with Gasteiger partial charge in [0.05, 0.1) is 0 Å². The molecule has 0 fully saturated rings. The second-order valence-electron chi connectivity index (χ2n) is 5.50. The molecule has 0 atom stereocenters. The molecule has 3 rings (SSSR count). The fourth-order valence-electron chi connectivity index (χ4n) is 3.05. The van der Waals surface area contributed by atoms with Crippen molar-refractivity contribution in [1.82, 2.24) is 0 Å². The summed E-state index contributed by atoms with van der Waals surface area (Å²) in [6.45, 7) is 4.50. The first-order chi connectivity index (χ1) is 9.28. The van der Waals surface area contributed by atoms with Gasteiger partial charge in [0.15, 0.2) is 0 Å². The quantitative estimate of drug-likeness (QED) is 0.804. The molecule has 19 heavy (non-hydrogen) atoms. The largest absolute Gasteiger partial charge is 0.362 e. The molecule has 2 aromatic rings. The summed E-state index contributed by atoms with van der Waals surface area (Å²) >= 11 is 0. The summed E-state index contributed by atoms with van der Waals surface area (Å²) in [5.74, 6) is 0. The maximum absolute atomic E-state index is 3.75. The molecule has 2 heteroatoms. The second-order valence-corrected chi connectivity index (χ2v) is 5.50. The number of hydrogen-bond acceptors (Lipinski definition) is 2. The fourth-order valence-corrected chi connectivity index (χ4v) is 3.05. The highest BCUT2D eigenvalue weighted by Crippen LogP contribution is 2.40. The Morgan fingerprint density at radius 3 is 2.11 bits per heavy atom. The molecule has 0 saturated carbocycles. The van der Waals surface area contributed by atoms with Crippen molar-refractivity contribution in [2.24, 2.45) is 0 Å². The van der Waals surface area contributed by atoms with Gasteiger partial charge in [0.1, 0.15) is 5.66 Å². The van der Waals surface area contributed by atoms with Gasteiger partial charge >= 0.3 is 0 Å². The van der Waals surface area contributed by atoms with E-state index in [1.165, 1.54) is 35.0 Å². The van der Waals surface area contributed by atoms with E-state index in [-0.39, 0.29) is 5.66 Å². The Morgan fingerprint density at radius 1 is 0.947 bits per heavy atom. The Kier molecular flexibility index (Phi) is 3.09. The predicted molar refractivity (Wildman–Crippen MR) is 83.7 cm³/mol. The number of benzene rings is 2. The number of rotatable bonds is 4. The van der Waals surface area contributed by atoms with E-state index in [0.717, 1.165) is 12.8 Å². The minimum atomic E-state index is 0.0125. The van der Waals surface area contributed by atoms with Crippen LogP contribution < -0.4 is 10.6 Å². The van der Waals surface area contributed by atoms with E-state index in [1.807, 2.05) is 0 Å². The SMILES string of the molecule is CCCCC1(CC)Nc2cccc3cccc(c23)N1. The van der Waals surface area contributed by atoms with Crippen LogP contribution in [0, 0.1) is 0 Å². The van der Waals surface area contributed by atoms with Crippen LogP contribution in [0.15, 0.2) is 36.4 Å². The lowest BCUT2D eigenvalue weighted by molar-refractivity contribution is 0.450. The lowest BCUT2D eigenvalue weighted by atomic mass is 9.93. The first-order valence-electron chi connectivity index (χ1n) is 7.36. The summed E-state index contributed by atoms with van der Waals surface area (Å²) < 4.78 is 0. The van der Waals surface area contributed by atoms with Crippen LogP contribution >= 0.6 is 0 Å². The van der Waals surface area contributed by atoms with Crippen molar-refractivity contribution < 1.29 is 0 Å². The molecule has 0 saturated heterocycles. The predicted octanol–water partition coefficient (Wildman–Crippen LogP) is 4.97. The Balaban J connectivity index is 2.06. The molecular weight excluding hydrogens is 232 g/mol. The average Bonchev–Trinajstić information content (AvgIpc) is 2.46.